The van der Waals surface area contributed by atoms with Gasteiger partial charge in [0, 0.05) is 5.56 Å². The summed E-state index contributed by atoms with van der Waals surface area (Å²) in [4.78, 5) is 27.3. The number of rotatable bonds is 4. The van der Waals surface area contributed by atoms with Gasteiger partial charge in [-0.2, -0.15) is 0 Å². The van der Waals surface area contributed by atoms with Gasteiger partial charge in [0.15, 0.2) is 6.29 Å². The highest BCUT2D eigenvalue weighted by atomic mass is 32.1. The number of aromatic nitrogens is 1. The second-order valence-corrected chi connectivity index (χ2v) is 6.68. The quantitative estimate of drug-likeness (QED) is 0.684. The maximum atomic E-state index is 12.3. The van der Waals surface area contributed by atoms with Crippen LogP contribution in [0.1, 0.15) is 54.1 Å². The van der Waals surface area contributed by atoms with Crippen LogP contribution in [0.5, 0.6) is 0 Å². The second kappa shape index (κ2) is 5.85. The maximum absolute atomic E-state index is 12.3. The average molecular weight is 305 g/mol. The molecule has 0 amide bonds. The van der Waals surface area contributed by atoms with E-state index in [1.54, 1.807) is 6.07 Å². The van der Waals surface area contributed by atoms with Gasteiger partial charge in [-0.15, -0.1) is 11.3 Å². The van der Waals surface area contributed by atoms with Gasteiger partial charge in [0.2, 0.25) is 0 Å². The molecule has 4 nitrogen and oxygen atoms in total. The van der Waals surface area contributed by atoms with E-state index >= 15 is 0 Å². The summed E-state index contributed by atoms with van der Waals surface area (Å²) in [5.74, 6) is -0.366. The minimum absolute atomic E-state index is 0.366. The molecule has 0 saturated heterocycles. The summed E-state index contributed by atoms with van der Waals surface area (Å²) in [6.45, 7) is 7.49. The Balaban J connectivity index is 2.40. The molecule has 2 heterocycles. The Morgan fingerprint density at radius 3 is 2.71 bits per heavy atom. The number of H-pyrrole nitrogens is 1. The van der Waals surface area contributed by atoms with Crippen molar-refractivity contribution in [1.82, 2.24) is 4.98 Å². The lowest BCUT2D eigenvalue weighted by atomic mass is 10.1. The van der Waals surface area contributed by atoms with Crippen molar-refractivity contribution in [3.63, 3.8) is 0 Å². The number of aromatic amines is 1. The smallest absolute Gasteiger partial charge is 0.355 e. The van der Waals surface area contributed by atoms with Gasteiger partial charge >= 0.3 is 5.97 Å². The Labute approximate surface area is 128 Å². The van der Waals surface area contributed by atoms with Gasteiger partial charge in [-0.25, -0.2) is 4.79 Å². The van der Waals surface area contributed by atoms with Crippen LogP contribution < -0.4 is 0 Å². The zero-order valence-corrected chi connectivity index (χ0v) is 13.5. The summed E-state index contributed by atoms with van der Waals surface area (Å²) < 4.78 is 5.42. The van der Waals surface area contributed by atoms with Gasteiger partial charge in [0.25, 0.3) is 0 Å². The van der Waals surface area contributed by atoms with E-state index in [4.69, 9.17) is 4.74 Å². The molecule has 5 heteroatoms. The molecule has 0 fully saturated rings. The van der Waals surface area contributed by atoms with E-state index in [1.165, 1.54) is 11.3 Å². The summed E-state index contributed by atoms with van der Waals surface area (Å²) in [6.07, 6.45) is 1.54. The third kappa shape index (κ3) is 3.42. The van der Waals surface area contributed by atoms with Gasteiger partial charge in [0.05, 0.1) is 10.6 Å². The van der Waals surface area contributed by atoms with Crippen molar-refractivity contribution in [2.75, 3.05) is 0 Å². The molecule has 112 valence electrons. The number of carbonyl (C=O) groups excluding carboxylic acids is 2. The second-order valence-electron chi connectivity index (χ2n) is 5.76. The highest BCUT2D eigenvalue weighted by molar-refractivity contribution is 7.13. The van der Waals surface area contributed by atoms with Crippen LogP contribution in [0.4, 0.5) is 0 Å². The Hall–Kier alpha value is -1.88. The monoisotopic (exact) mass is 305 g/mol. The summed E-state index contributed by atoms with van der Waals surface area (Å²) >= 11 is 1.47. The van der Waals surface area contributed by atoms with E-state index in [0.29, 0.717) is 17.7 Å². The van der Waals surface area contributed by atoms with Gasteiger partial charge in [-0.1, -0.05) is 6.92 Å². The highest BCUT2D eigenvalue weighted by Crippen LogP contribution is 2.30. The van der Waals surface area contributed by atoms with Crippen LogP contribution in [0, 0.1) is 0 Å². The van der Waals surface area contributed by atoms with E-state index in [1.807, 2.05) is 39.1 Å². The number of esters is 1. The first kappa shape index (κ1) is 15.5. The van der Waals surface area contributed by atoms with E-state index in [-0.39, 0.29) is 5.97 Å². The van der Waals surface area contributed by atoms with E-state index in [2.05, 4.69) is 4.98 Å². The molecule has 0 aliphatic heterocycles. The molecule has 2 rings (SSSR count). The predicted octanol–water partition coefficient (Wildman–Crippen LogP) is 4.07. The van der Waals surface area contributed by atoms with Crippen LogP contribution in [0.3, 0.4) is 0 Å². The molecule has 0 aliphatic carbocycles. The van der Waals surface area contributed by atoms with Crippen molar-refractivity contribution >= 4 is 23.6 Å². The number of aldehydes is 1. The lowest BCUT2D eigenvalue weighted by Crippen LogP contribution is -2.24. The van der Waals surface area contributed by atoms with Crippen LogP contribution in [-0.4, -0.2) is 22.8 Å². The molecule has 0 atom stereocenters. The Morgan fingerprint density at radius 1 is 1.43 bits per heavy atom. The first-order chi connectivity index (χ1) is 9.85. The molecule has 0 bridgehead atoms. The van der Waals surface area contributed by atoms with Crippen molar-refractivity contribution in [2.24, 2.45) is 0 Å². The third-order valence-electron chi connectivity index (χ3n) is 2.95. The SMILES string of the molecule is CCc1cc(-c2sccc2C=O)[nH]c1C(=O)OC(C)(C)C. The maximum Gasteiger partial charge on any atom is 0.355 e. The summed E-state index contributed by atoms with van der Waals surface area (Å²) in [5.41, 5.74) is 2.23. The number of hydrogen-bond acceptors (Lipinski definition) is 4. The highest BCUT2D eigenvalue weighted by Gasteiger charge is 2.23. The van der Waals surface area contributed by atoms with E-state index in [9.17, 15) is 9.59 Å². The third-order valence-corrected chi connectivity index (χ3v) is 3.91. The summed E-state index contributed by atoms with van der Waals surface area (Å²) in [5, 5.41) is 1.86. The van der Waals surface area contributed by atoms with Gasteiger partial charge in [-0.3, -0.25) is 4.79 Å². The fourth-order valence-electron chi connectivity index (χ4n) is 2.04. The number of carbonyl (C=O) groups is 2. The van der Waals surface area contributed by atoms with Crippen molar-refractivity contribution in [1.29, 1.82) is 0 Å². The van der Waals surface area contributed by atoms with E-state index < -0.39 is 5.60 Å². The normalized spacial score (nSPS) is 11.4. The lowest BCUT2D eigenvalue weighted by molar-refractivity contribution is 0.00625. The first-order valence-corrected chi connectivity index (χ1v) is 7.72. The molecule has 0 radical (unpaired) electrons. The van der Waals surface area contributed by atoms with Crippen molar-refractivity contribution in [3.05, 3.63) is 34.3 Å². The fraction of sp³-hybridized carbons (Fsp3) is 0.375. The van der Waals surface area contributed by atoms with Crippen LogP contribution in [-0.2, 0) is 11.2 Å². The largest absolute Gasteiger partial charge is 0.455 e. The molecule has 0 saturated carbocycles. The molecule has 2 aromatic rings. The van der Waals surface area contributed by atoms with Gasteiger partial charge in [0.1, 0.15) is 11.3 Å². The summed E-state index contributed by atoms with van der Waals surface area (Å²) in [7, 11) is 0. The van der Waals surface area contributed by atoms with Crippen LogP contribution in [0.2, 0.25) is 0 Å². The Kier molecular flexibility index (Phi) is 4.32. The number of nitrogens with one attached hydrogen (secondary N) is 1. The number of aryl methyl sites for hydroxylation is 1. The number of ether oxygens (including phenoxy) is 1. The predicted molar refractivity (Wildman–Crippen MR) is 84.0 cm³/mol. The topological polar surface area (TPSA) is 59.2 Å². The standard InChI is InChI=1S/C16H19NO3S/c1-5-10-8-12(14-11(9-18)6-7-21-14)17-13(10)15(19)20-16(2,3)4/h6-9,17H,5H2,1-4H3. The molecular weight excluding hydrogens is 286 g/mol. The Morgan fingerprint density at radius 2 is 2.14 bits per heavy atom. The van der Waals surface area contributed by atoms with Gasteiger partial charge < -0.3 is 9.72 Å². The zero-order valence-electron chi connectivity index (χ0n) is 12.6. The van der Waals surface area contributed by atoms with Crippen LogP contribution >= 0.6 is 11.3 Å². The van der Waals surface area contributed by atoms with Crippen molar-refractivity contribution in [3.8, 4) is 10.6 Å². The molecule has 1 N–H and O–H groups in total. The van der Waals surface area contributed by atoms with E-state index in [0.717, 1.165) is 22.4 Å². The summed E-state index contributed by atoms with van der Waals surface area (Å²) in [6, 6.07) is 3.69. The Bertz CT molecular complexity index is 661. The zero-order chi connectivity index (χ0) is 15.6. The molecule has 0 aliphatic rings. The van der Waals surface area contributed by atoms with Crippen LogP contribution in [0.25, 0.3) is 10.6 Å². The lowest BCUT2D eigenvalue weighted by Gasteiger charge is -2.19. The molecule has 0 spiro atoms. The minimum atomic E-state index is -0.537. The molecule has 21 heavy (non-hydrogen) atoms. The molecule has 2 aromatic heterocycles. The fourth-order valence-corrected chi connectivity index (χ4v) is 2.88. The number of hydrogen-bond donors (Lipinski definition) is 1. The van der Waals surface area contributed by atoms with Gasteiger partial charge in [-0.05, 0) is 50.3 Å². The first-order valence-electron chi connectivity index (χ1n) is 6.84. The van der Waals surface area contributed by atoms with Crippen LogP contribution in [0.15, 0.2) is 17.5 Å². The van der Waals surface area contributed by atoms with Crippen molar-refractivity contribution < 1.29 is 14.3 Å². The molecule has 0 aromatic carbocycles. The number of thiophene rings is 1. The molecular formula is C16H19NO3S. The molecule has 0 unspecified atom stereocenters. The van der Waals surface area contributed by atoms with Crippen molar-refractivity contribution in [2.45, 2.75) is 39.7 Å². The average Bonchev–Trinajstić information content (AvgIpc) is 3.02. The minimum Gasteiger partial charge on any atom is -0.455 e.